The molecule has 1 unspecified atom stereocenters. The zero-order valence-corrected chi connectivity index (χ0v) is 9.64. The van der Waals surface area contributed by atoms with Crippen molar-refractivity contribution in [2.75, 3.05) is 18.5 Å². The van der Waals surface area contributed by atoms with E-state index in [0.29, 0.717) is 11.6 Å². The van der Waals surface area contributed by atoms with Crippen molar-refractivity contribution in [2.45, 2.75) is 25.9 Å². The fraction of sp³-hybridized carbons (Fsp3) is 0.500. The Bertz CT molecular complexity index is 339. The Morgan fingerprint density at radius 1 is 1.31 bits per heavy atom. The van der Waals surface area contributed by atoms with E-state index in [0.717, 1.165) is 5.56 Å². The maximum absolute atomic E-state index is 9.60. The van der Waals surface area contributed by atoms with Crippen LogP contribution in [0.1, 0.15) is 25.3 Å². The highest BCUT2D eigenvalue weighted by molar-refractivity contribution is 5.57. The van der Waals surface area contributed by atoms with Gasteiger partial charge in [-0.15, -0.1) is 0 Å². The van der Waals surface area contributed by atoms with E-state index in [2.05, 4.69) is 19.2 Å². The van der Waals surface area contributed by atoms with Crippen LogP contribution in [-0.4, -0.2) is 34.6 Å². The summed E-state index contributed by atoms with van der Waals surface area (Å²) >= 11 is 0. The lowest BCUT2D eigenvalue weighted by Gasteiger charge is -2.14. The minimum absolute atomic E-state index is 0.148. The second-order valence-electron chi connectivity index (χ2n) is 4.15. The molecule has 1 aromatic rings. The van der Waals surface area contributed by atoms with Gasteiger partial charge in [0.15, 0.2) is 0 Å². The van der Waals surface area contributed by atoms with Crippen molar-refractivity contribution in [1.82, 2.24) is 0 Å². The van der Waals surface area contributed by atoms with E-state index in [1.54, 1.807) is 6.07 Å². The average Bonchev–Trinajstić information content (AvgIpc) is 2.27. The van der Waals surface area contributed by atoms with E-state index in [-0.39, 0.29) is 18.9 Å². The second kappa shape index (κ2) is 5.72. The SMILES string of the molecule is CC(C)c1ccc(O)c(NCC(O)CO)c1. The summed E-state index contributed by atoms with van der Waals surface area (Å²) in [7, 11) is 0. The molecule has 0 aliphatic heterocycles. The molecule has 4 heteroatoms. The highest BCUT2D eigenvalue weighted by Crippen LogP contribution is 2.27. The first kappa shape index (κ1) is 12.8. The van der Waals surface area contributed by atoms with Crippen molar-refractivity contribution in [3.05, 3.63) is 23.8 Å². The van der Waals surface area contributed by atoms with E-state index < -0.39 is 6.10 Å². The quantitative estimate of drug-likeness (QED) is 0.570. The fourth-order valence-electron chi connectivity index (χ4n) is 1.35. The van der Waals surface area contributed by atoms with Gasteiger partial charge in [-0.1, -0.05) is 19.9 Å². The number of aromatic hydroxyl groups is 1. The number of phenolic OH excluding ortho intramolecular Hbond substituents is 1. The molecule has 4 N–H and O–H groups in total. The highest BCUT2D eigenvalue weighted by Gasteiger charge is 2.07. The molecule has 90 valence electrons. The maximum Gasteiger partial charge on any atom is 0.138 e. The predicted molar refractivity (Wildman–Crippen MR) is 63.8 cm³/mol. The molecule has 0 amide bonds. The Balaban J connectivity index is 2.74. The van der Waals surface area contributed by atoms with Gasteiger partial charge < -0.3 is 20.6 Å². The molecule has 1 atom stereocenters. The largest absolute Gasteiger partial charge is 0.506 e. The highest BCUT2D eigenvalue weighted by atomic mass is 16.3. The number of nitrogens with one attached hydrogen (secondary N) is 1. The minimum Gasteiger partial charge on any atom is -0.506 e. The molecule has 0 aromatic heterocycles. The normalized spacial score (nSPS) is 12.8. The average molecular weight is 225 g/mol. The number of rotatable bonds is 5. The maximum atomic E-state index is 9.60. The lowest BCUT2D eigenvalue weighted by Crippen LogP contribution is -2.23. The van der Waals surface area contributed by atoms with Gasteiger partial charge in [-0.2, -0.15) is 0 Å². The molecule has 0 radical (unpaired) electrons. The molecule has 1 aromatic carbocycles. The van der Waals surface area contributed by atoms with Gasteiger partial charge in [0.05, 0.1) is 18.4 Å². The minimum atomic E-state index is -0.817. The van der Waals surface area contributed by atoms with Gasteiger partial charge >= 0.3 is 0 Å². The summed E-state index contributed by atoms with van der Waals surface area (Å²) in [5.74, 6) is 0.526. The first-order chi connectivity index (χ1) is 7.54. The molecule has 0 bridgehead atoms. The number of hydrogen-bond donors (Lipinski definition) is 4. The molecule has 0 aliphatic rings. The van der Waals surface area contributed by atoms with Crippen LogP contribution < -0.4 is 5.32 Å². The number of hydrogen-bond acceptors (Lipinski definition) is 4. The molecule has 0 spiro atoms. The predicted octanol–water partition coefficient (Wildman–Crippen LogP) is 1.28. The van der Waals surface area contributed by atoms with Crippen molar-refractivity contribution < 1.29 is 15.3 Å². The molecule has 0 saturated carbocycles. The number of aliphatic hydroxyl groups is 2. The molecule has 0 fully saturated rings. The van der Waals surface area contributed by atoms with Crippen LogP contribution in [0.15, 0.2) is 18.2 Å². The van der Waals surface area contributed by atoms with Gasteiger partial charge in [-0.25, -0.2) is 0 Å². The Morgan fingerprint density at radius 3 is 2.56 bits per heavy atom. The monoisotopic (exact) mass is 225 g/mol. The summed E-state index contributed by atoms with van der Waals surface area (Å²) in [6.07, 6.45) is -0.817. The summed E-state index contributed by atoms with van der Waals surface area (Å²) in [4.78, 5) is 0. The van der Waals surface area contributed by atoms with Gasteiger partial charge in [0.25, 0.3) is 0 Å². The number of phenols is 1. The van der Waals surface area contributed by atoms with Gasteiger partial charge in [0.2, 0.25) is 0 Å². The van der Waals surface area contributed by atoms with Crippen molar-refractivity contribution in [3.8, 4) is 5.75 Å². The van der Waals surface area contributed by atoms with Crippen LogP contribution in [0.4, 0.5) is 5.69 Å². The molecule has 16 heavy (non-hydrogen) atoms. The van der Waals surface area contributed by atoms with Gasteiger partial charge in [-0.3, -0.25) is 0 Å². The van der Waals surface area contributed by atoms with Crippen molar-refractivity contribution in [2.24, 2.45) is 0 Å². The van der Waals surface area contributed by atoms with Crippen molar-refractivity contribution in [1.29, 1.82) is 0 Å². The van der Waals surface area contributed by atoms with Gasteiger partial charge in [0, 0.05) is 6.54 Å². The van der Waals surface area contributed by atoms with Crippen LogP contribution in [0.3, 0.4) is 0 Å². The zero-order valence-electron chi connectivity index (χ0n) is 9.64. The van der Waals surface area contributed by atoms with Crippen LogP contribution in [0.2, 0.25) is 0 Å². The summed E-state index contributed by atoms with van der Waals surface area (Å²) in [5.41, 5.74) is 1.69. The van der Waals surface area contributed by atoms with Crippen LogP contribution in [0.25, 0.3) is 0 Å². The lowest BCUT2D eigenvalue weighted by molar-refractivity contribution is 0.105. The third-order valence-electron chi connectivity index (χ3n) is 2.43. The molecule has 4 nitrogen and oxygen atoms in total. The lowest BCUT2D eigenvalue weighted by atomic mass is 10.0. The third kappa shape index (κ3) is 3.40. The van der Waals surface area contributed by atoms with Crippen LogP contribution in [0.5, 0.6) is 5.75 Å². The van der Waals surface area contributed by atoms with Crippen LogP contribution >= 0.6 is 0 Å². The van der Waals surface area contributed by atoms with Crippen LogP contribution in [-0.2, 0) is 0 Å². The first-order valence-corrected chi connectivity index (χ1v) is 5.40. The third-order valence-corrected chi connectivity index (χ3v) is 2.43. The van der Waals surface area contributed by atoms with Gasteiger partial charge in [0.1, 0.15) is 5.75 Å². The van der Waals surface area contributed by atoms with E-state index in [1.807, 2.05) is 12.1 Å². The van der Waals surface area contributed by atoms with E-state index >= 15 is 0 Å². The Hall–Kier alpha value is -1.26. The number of benzene rings is 1. The topological polar surface area (TPSA) is 72.7 Å². The smallest absolute Gasteiger partial charge is 0.138 e. The number of anilines is 1. The molecular formula is C12H19NO3. The van der Waals surface area contributed by atoms with Crippen molar-refractivity contribution >= 4 is 5.69 Å². The Morgan fingerprint density at radius 2 is 2.00 bits per heavy atom. The Labute approximate surface area is 95.6 Å². The van der Waals surface area contributed by atoms with Gasteiger partial charge in [-0.05, 0) is 23.6 Å². The van der Waals surface area contributed by atoms with E-state index in [4.69, 9.17) is 5.11 Å². The number of aliphatic hydroxyl groups excluding tert-OH is 2. The molecule has 0 heterocycles. The zero-order chi connectivity index (χ0) is 12.1. The molecule has 1 rings (SSSR count). The van der Waals surface area contributed by atoms with Crippen LogP contribution in [0, 0.1) is 0 Å². The first-order valence-electron chi connectivity index (χ1n) is 5.40. The van der Waals surface area contributed by atoms with Crippen molar-refractivity contribution in [3.63, 3.8) is 0 Å². The summed E-state index contributed by atoms with van der Waals surface area (Å²) in [6, 6.07) is 5.35. The molecule has 0 saturated heterocycles. The molecular weight excluding hydrogens is 206 g/mol. The Kier molecular flexibility index (Phi) is 4.58. The fourth-order valence-corrected chi connectivity index (χ4v) is 1.35. The van der Waals surface area contributed by atoms with E-state index in [1.165, 1.54) is 0 Å². The summed E-state index contributed by atoms with van der Waals surface area (Å²) in [5, 5.41) is 30.4. The summed E-state index contributed by atoms with van der Waals surface area (Å²) < 4.78 is 0. The second-order valence-corrected chi connectivity index (χ2v) is 4.15. The summed E-state index contributed by atoms with van der Waals surface area (Å²) in [6.45, 7) is 4.06. The molecule has 0 aliphatic carbocycles. The van der Waals surface area contributed by atoms with E-state index in [9.17, 15) is 10.2 Å². The standard InChI is InChI=1S/C12H19NO3/c1-8(2)9-3-4-12(16)11(5-9)13-6-10(15)7-14/h3-5,8,10,13-16H,6-7H2,1-2H3.